The monoisotopic (exact) mass is 436 g/mol. The van der Waals surface area contributed by atoms with Crippen LogP contribution in [0, 0.1) is 5.41 Å². The molecular weight excluding hydrogens is 400 g/mol. The van der Waals surface area contributed by atoms with E-state index in [1.54, 1.807) is 13.8 Å². The minimum atomic E-state index is -1.76. The van der Waals surface area contributed by atoms with Gasteiger partial charge in [-0.1, -0.05) is 30.4 Å². The summed E-state index contributed by atoms with van der Waals surface area (Å²) >= 11 is 0. The quantitative estimate of drug-likeness (QED) is 0.182. The van der Waals surface area contributed by atoms with Crippen molar-refractivity contribution in [2.24, 2.45) is 5.41 Å². The molecule has 0 radical (unpaired) electrons. The zero-order chi connectivity index (χ0) is 24.0. The number of carboxylic acid groups (broad SMARTS) is 1. The maximum Gasteiger partial charge on any atom is 0.331 e. The van der Waals surface area contributed by atoms with E-state index in [2.05, 4.69) is 32.9 Å². The maximum absolute atomic E-state index is 11.7. The van der Waals surface area contributed by atoms with Crippen molar-refractivity contribution >= 4 is 5.97 Å². The Morgan fingerprint density at radius 2 is 1.06 bits per heavy atom. The van der Waals surface area contributed by atoms with Crippen molar-refractivity contribution in [3.8, 4) is 0 Å². The number of hydrogen-bond donors (Lipinski definition) is 1. The molecule has 0 aliphatic heterocycles. The van der Waals surface area contributed by atoms with Gasteiger partial charge in [0.15, 0.2) is 0 Å². The smallest absolute Gasteiger partial charge is 0.331 e. The Hall–Kier alpha value is -2.29. The van der Waals surface area contributed by atoms with Crippen LogP contribution in [-0.2, 0) is 28.5 Å². The molecule has 0 heterocycles. The predicted octanol–water partition coefficient (Wildman–Crippen LogP) is 4.41. The molecule has 31 heavy (non-hydrogen) atoms. The highest BCUT2D eigenvalue weighted by Crippen LogP contribution is 2.49. The zero-order valence-electron chi connectivity index (χ0n) is 18.9. The zero-order valence-corrected chi connectivity index (χ0v) is 18.9. The highest BCUT2D eigenvalue weighted by molar-refractivity contribution is 5.86. The molecule has 0 spiro atoms. The topological polar surface area (TPSA) is 83.5 Å². The molecule has 0 aromatic heterocycles. The lowest BCUT2D eigenvalue weighted by atomic mass is 9.78. The number of ether oxygens (including phenoxy) is 5. The fourth-order valence-electron chi connectivity index (χ4n) is 2.76. The van der Waals surface area contributed by atoms with E-state index in [0.717, 1.165) is 0 Å². The van der Waals surface area contributed by atoms with Crippen LogP contribution in [-0.4, -0.2) is 55.9 Å². The average Bonchev–Trinajstić information content (AvgIpc) is 2.74. The van der Waals surface area contributed by atoms with Gasteiger partial charge in [0.2, 0.25) is 5.79 Å². The van der Waals surface area contributed by atoms with E-state index in [9.17, 15) is 9.90 Å². The van der Waals surface area contributed by atoms with Gasteiger partial charge in [0.25, 0.3) is 5.97 Å². The summed E-state index contributed by atoms with van der Waals surface area (Å²) in [6.45, 7) is 23.6. The van der Waals surface area contributed by atoms with Gasteiger partial charge in [0.1, 0.15) is 5.41 Å². The van der Waals surface area contributed by atoms with Crippen LogP contribution < -0.4 is 0 Å². The van der Waals surface area contributed by atoms with Crippen molar-refractivity contribution in [1.82, 2.24) is 0 Å². The van der Waals surface area contributed by atoms with Gasteiger partial charge in [0, 0.05) is 5.57 Å². The first kappa shape index (κ1) is 28.7. The summed E-state index contributed by atoms with van der Waals surface area (Å²) in [7, 11) is 0. The van der Waals surface area contributed by atoms with Crippen LogP contribution in [0.4, 0.5) is 0 Å². The first-order valence-corrected chi connectivity index (χ1v) is 9.80. The van der Waals surface area contributed by atoms with Gasteiger partial charge in [0.05, 0.1) is 33.0 Å². The summed E-state index contributed by atoms with van der Waals surface area (Å²) in [6.07, 6.45) is 9.02. The molecule has 7 heteroatoms. The summed E-state index contributed by atoms with van der Waals surface area (Å²) in [6, 6.07) is 0. The molecular formula is C24H36O7. The summed E-state index contributed by atoms with van der Waals surface area (Å²) in [5.74, 6) is -4.58. The van der Waals surface area contributed by atoms with E-state index in [0.29, 0.717) is 0 Å². The van der Waals surface area contributed by atoms with E-state index in [1.807, 2.05) is 0 Å². The molecule has 0 saturated heterocycles. The molecule has 0 aliphatic rings. The van der Waals surface area contributed by atoms with Crippen molar-refractivity contribution in [3.63, 3.8) is 0 Å². The van der Waals surface area contributed by atoms with Gasteiger partial charge in [-0.05, 0) is 26.8 Å². The van der Waals surface area contributed by atoms with Crippen LogP contribution >= 0.6 is 0 Å². The first-order chi connectivity index (χ1) is 14.6. The van der Waals surface area contributed by atoms with Crippen molar-refractivity contribution in [3.05, 3.63) is 74.9 Å². The lowest BCUT2D eigenvalue weighted by molar-refractivity contribution is -0.457. The van der Waals surface area contributed by atoms with Gasteiger partial charge >= 0.3 is 5.97 Å². The molecule has 7 nitrogen and oxygen atoms in total. The predicted molar refractivity (Wildman–Crippen MR) is 121 cm³/mol. The second-order valence-corrected chi connectivity index (χ2v) is 6.98. The molecule has 0 unspecified atom stereocenters. The SMILES string of the molecule is C=CCOC(C=C(C)C(=O)O)(OCC=C)C(C)(C)C(OCC=C)(OCC=C)OCC=C. The third-order valence-electron chi connectivity index (χ3n) is 4.39. The number of hydrogen-bond acceptors (Lipinski definition) is 6. The van der Waals surface area contributed by atoms with E-state index >= 15 is 0 Å². The van der Waals surface area contributed by atoms with E-state index in [4.69, 9.17) is 23.7 Å². The van der Waals surface area contributed by atoms with Crippen LogP contribution in [0.25, 0.3) is 0 Å². The Bertz CT molecular complexity index is 618. The number of carboxylic acids is 1. The molecule has 0 aliphatic carbocycles. The number of carbonyl (C=O) groups is 1. The Labute approximate surface area is 186 Å². The maximum atomic E-state index is 11.7. The second kappa shape index (κ2) is 13.9. The molecule has 0 fully saturated rings. The van der Waals surface area contributed by atoms with Crippen molar-refractivity contribution < 1.29 is 33.6 Å². The van der Waals surface area contributed by atoms with Crippen LogP contribution in [0.5, 0.6) is 0 Å². The number of aliphatic carboxylic acids is 1. The molecule has 0 aromatic rings. The molecule has 0 bridgehead atoms. The van der Waals surface area contributed by atoms with Gasteiger partial charge in [-0.3, -0.25) is 0 Å². The lowest BCUT2D eigenvalue weighted by Gasteiger charge is -2.52. The molecule has 0 saturated carbocycles. The highest BCUT2D eigenvalue weighted by Gasteiger charge is 2.62. The fraction of sp³-hybridized carbons (Fsp3) is 0.458. The van der Waals surface area contributed by atoms with Gasteiger partial charge < -0.3 is 28.8 Å². The molecule has 1 N–H and O–H groups in total. The molecule has 174 valence electrons. The Morgan fingerprint density at radius 1 is 0.742 bits per heavy atom. The minimum absolute atomic E-state index is 0.00809. The van der Waals surface area contributed by atoms with E-state index < -0.39 is 23.1 Å². The Kier molecular flexibility index (Phi) is 12.9. The van der Waals surface area contributed by atoms with Crippen molar-refractivity contribution in [2.75, 3.05) is 33.0 Å². The minimum Gasteiger partial charge on any atom is -0.478 e. The second-order valence-electron chi connectivity index (χ2n) is 6.98. The van der Waals surface area contributed by atoms with E-state index in [1.165, 1.54) is 43.4 Å². The van der Waals surface area contributed by atoms with Crippen LogP contribution in [0.1, 0.15) is 20.8 Å². The van der Waals surface area contributed by atoms with Crippen LogP contribution in [0.2, 0.25) is 0 Å². The molecule has 0 aromatic carbocycles. The molecule has 0 atom stereocenters. The summed E-state index contributed by atoms with van der Waals surface area (Å²) < 4.78 is 30.2. The average molecular weight is 437 g/mol. The number of rotatable bonds is 19. The lowest BCUT2D eigenvalue weighted by Crippen LogP contribution is -2.64. The third-order valence-corrected chi connectivity index (χ3v) is 4.39. The van der Waals surface area contributed by atoms with Gasteiger partial charge in [-0.15, -0.1) is 32.9 Å². The standard InChI is InChI=1S/C24H36O7/c1-9-14-27-23(28-15-10-2,19-20(6)21(25)26)22(7,8)24(29-16-11-3,30-17-12-4)31-18-13-5/h9-13,19H,1-5,14-18H2,6-8H3,(H,25,26). The van der Waals surface area contributed by atoms with Gasteiger partial charge in [-0.25, -0.2) is 4.79 Å². The van der Waals surface area contributed by atoms with Crippen molar-refractivity contribution in [2.45, 2.75) is 32.5 Å². The van der Waals surface area contributed by atoms with Crippen LogP contribution in [0.3, 0.4) is 0 Å². The van der Waals surface area contributed by atoms with Crippen molar-refractivity contribution in [1.29, 1.82) is 0 Å². The summed E-state index contributed by atoms with van der Waals surface area (Å²) in [5, 5.41) is 9.54. The normalized spacial score (nSPS) is 12.8. The van der Waals surface area contributed by atoms with E-state index in [-0.39, 0.29) is 38.6 Å². The largest absolute Gasteiger partial charge is 0.478 e. The Morgan fingerprint density at radius 3 is 1.35 bits per heavy atom. The Balaban J connectivity index is 6.98. The summed E-state index contributed by atoms with van der Waals surface area (Å²) in [4.78, 5) is 11.7. The van der Waals surface area contributed by atoms with Crippen LogP contribution in [0.15, 0.2) is 74.9 Å². The molecule has 0 amide bonds. The molecule has 0 rings (SSSR count). The highest BCUT2D eigenvalue weighted by atomic mass is 16.9. The fourth-order valence-corrected chi connectivity index (χ4v) is 2.76. The van der Waals surface area contributed by atoms with Gasteiger partial charge in [-0.2, -0.15) is 0 Å². The first-order valence-electron chi connectivity index (χ1n) is 9.80. The third kappa shape index (κ3) is 7.41. The summed E-state index contributed by atoms with van der Waals surface area (Å²) in [5.41, 5.74) is -1.30.